The zero-order chi connectivity index (χ0) is 15.6. The van der Waals surface area contributed by atoms with E-state index in [1.165, 1.54) is 6.92 Å². The predicted molar refractivity (Wildman–Crippen MR) is 86.1 cm³/mol. The highest BCUT2D eigenvalue weighted by Gasteiger charge is 2.19. The Balaban J connectivity index is 1.99. The maximum atomic E-state index is 10.8. The smallest absolute Gasteiger partial charge is 0.216 e. The molecule has 0 aliphatic heterocycles. The van der Waals surface area contributed by atoms with E-state index in [0.717, 1.165) is 28.8 Å². The highest BCUT2D eigenvalue weighted by atomic mass is 32.1. The standard InChI is InChI=1S/C14H23N5OS/c1-10(20)15-7-6-8-18(5)13-17-19-9-11(14(2,3)4)16-12(19)21-13/h9H,6-8H2,1-5H3,(H,15,20). The van der Waals surface area contributed by atoms with Gasteiger partial charge in [0.2, 0.25) is 16.0 Å². The molecule has 2 aromatic heterocycles. The summed E-state index contributed by atoms with van der Waals surface area (Å²) in [6, 6.07) is 0. The van der Waals surface area contributed by atoms with E-state index < -0.39 is 0 Å². The molecule has 0 fully saturated rings. The molecule has 116 valence electrons. The van der Waals surface area contributed by atoms with Gasteiger partial charge >= 0.3 is 0 Å². The van der Waals surface area contributed by atoms with Crippen LogP contribution in [0.1, 0.15) is 39.8 Å². The van der Waals surface area contributed by atoms with Crippen LogP contribution < -0.4 is 10.2 Å². The lowest BCUT2D eigenvalue weighted by Crippen LogP contribution is -2.26. The molecular weight excluding hydrogens is 286 g/mol. The van der Waals surface area contributed by atoms with Crippen LogP contribution >= 0.6 is 11.3 Å². The molecule has 0 bridgehead atoms. The van der Waals surface area contributed by atoms with Gasteiger partial charge in [0.25, 0.3) is 0 Å². The van der Waals surface area contributed by atoms with E-state index in [1.807, 2.05) is 17.8 Å². The van der Waals surface area contributed by atoms with Crippen molar-refractivity contribution in [3.05, 3.63) is 11.9 Å². The third-order valence-corrected chi connectivity index (χ3v) is 4.21. The number of carbonyl (C=O) groups excluding carboxylic acids is 1. The van der Waals surface area contributed by atoms with Gasteiger partial charge in [-0.25, -0.2) is 9.50 Å². The van der Waals surface area contributed by atoms with E-state index in [2.05, 4.69) is 41.1 Å². The van der Waals surface area contributed by atoms with Gasteiger partial charge in [0, 0.05) is 32.5 Å². The number of nitrogens with zero attached hydrogens (tertiary/aromatic N) is 4. The molecule has 0 aliphatic rings. The lowest BCUT2D eigenvalue weighted by molar-refractivity contribution is -0.118. The summed E-state index contributed by atoms with van der Waals surface area (Å²) in [7, 11) is 2.01. The number of aromatic nitrogens is 3. The Morgan fingerprint density at radius 1 is 1.48 bits per heavy atom. The minimum absolute atomic E-state index is 0.0140. The Kier molecular flexibility index (Phi) is 4.51. The molecule has 0 atom stereocenters. The first-order valence-electron chi connectivity index (χ1n) is 7.09. The number of nitrogens with one attached hydrogen (secondary N) is 1. The summed E-state index contributed by atoms with van der Waals surface area (Å²) >= 11 is 1.59. The number of hydrogen-bond donors (Lipinski definition) is 1. The number of anilines is 1. The van der Waals surface area contributed by atoms with Crippen LogP contribution in [0.15, 0.2) is 6.20 Å². The topological polar surface area (TPSA) is 62.5 Å². The van der Waals surface area contributed by atoms with Crippen molar-refractivity contribution >= 4 is 27.3 Å². The Bertz CT molecular complexity index is 593. The van der Waals surface area contributed by atoms with Gasteiger partial charge in [-0.3, -0.25) is 4.79 Å². The summed E-state index contributed by atoms with van der Waals surface area (Å²) in [5.74, 6) is 0.0140. The minimum atomic E-state index is 0.0140. The summed E-state index contributed by atoms with van der Waals surface area (Å²) in [6.45, 7) is 9.52. The number of carbonyl (C=O) groups is 1. The zero-order valence-corrected chi connectivity index (χ0v) is 14.1. The monoisotopic (exact) mass is 309 g/mol. The van der Waals surface area contributed by atoms with Crippen LogP contribution in [0.5, 0.6) is 0 Å². The Morgan fingerprint density at radius 3 is 2.76 bits per heavy atom. The van der Waals surface area contributed by atoms with E-state index in [4.69, 9.17) is 0 Å². The second-order valence-electron chi connectivity index (χ2n) is 6.25. The number of fused-ring (bicyclic) bond motifs is 1. The van der Waals surface area contributed by atoms with Crippen molar-refractivity contribution in [2.75, 3.05) is 25.0 Å². The van der Waals surface area contributed by atoms with Crippen LogP contribution in [0, 0.1) is 0 Å². The van der Waals surface area contributed by atoms with Gasteiger partial charge in [0.15, 0.2) is 0 Å². The average molecular weight is 309 g/mol. The van der Waals surface area contributed by atoms with Crippen molar-refractivity contribution in [2.24, 2.45) is 0 Å². The largest absolute Gasteiger partial charge is 0.356 e. The van der Waals surface area contributed by atoms with Crippen molar-refractivity contribution in [2.45, 2.75) is 39.5 Å². The summed E-state index contributed by atoms with van der Waals surface area (Å²) in [5.41, 5.74) is 1.10. The lowest BCUT2D eigenvalue weighted by atomic mass is 9.93. The summed E-state index contributed by atoms with van der Waals surface area (Å²) in [5, 5.41) is 8.31. The van der Waals surface area contributed by atoms with Crippen molar-refractivity contribution in [3.8, 4) is 0 Å². The van der Waals surface area contributed by atoms with E-state index in [-0.39, 0.29) is 11.3 Å². The molecule has 1 amide bonds. The van der Waals surface area contributed by atoms with Crippen LogP contribution in [0.25, 0.3) is 4.96 Å². The molecule has 0 aromatic carbocycles. The van der Waals surface area contributed by atoms with Crippen LogP contribution in [-0.4, -0.2) is 40.6 Å². The molecule has 2 rings (SSSR count). The highest BCUT2D eigenvalue weighted by Crippen LogP contribution is 2.26. The van der Waals surface area contributed by atoms with Crippen LogP contribution in [0.3, 0.4) is 0 Å². The van der Waals surface area contributed by atoms with Crippen LogP contribution in [0.2, 0.25) is 0 Å². The molecule has 0 radical (unpaired) electrons. The number of amides is 1. The second-order valence-corrected chi connectivity index (χ2v) is 7.18. The fourth-order valence-corrected chi connectivity index (χ4v) is 2.75. The number of rotatable bonds is 5. The maximum Gasteiger partial charge on any atom is 0.216 e. The summed E-state index contributed by atoms with van der Waals surface area (Å²) in [6.07, 6.45) is 2.89. The van der Waals surface area contributed by atoms with E-state index in [1.54, 1.807) is 11.3 Å². The van der Waals surface area contributed by atoms with Gasteiger partial charge in [-0.15, -0.1) is 5.10 Å². The predicted octanol–water partition coefficient (Wildman–Crippen LogP) is 2.05. The maximum absolute atomic E-state index is 10.8. The molecule has 7 heteroatoms. The summed E-state index contributed by atoms with van der Waals surface area (Å²) < 4.78 is 1.85. The van der Waals surface area contributed by atoms with Gasteiger partial charge in [-0.05, 0) is 6.42 Å². The molecule has 2 aromatic rings. The van der Waals surface area contributed by atoms with Crippen molar-refractivity contribution < 1.29 is 4.79 Å². The van der Waals surface area contributed by atoms with Crippen molar-refractivity contribution in [3.63, 3.8) is 0 Å². The molecular formula is C14H23N5OS. The molecule has 0 saturated carbocycles. The highest BCUT2D eigenvalue weighted by molar-refractivity contribution is 7.20. The quantitative estimate of drug-likeness (QED) is 0.859. The third kappa shape index (κ3) is 3.93. The SMILES string of the molecule is CC(=O)NCCCN(C)c1nn2cc(C(C)(C)C)nc2s1. The molecule has 0 spiro atoms. The molecule has 1 N–H and O–H groups in total. The molecule has 0 unspecified atom stereocenters. The number of hydrogen-bond acceptors (Lipinski definition) is 5. The van der Waals surface area contributed by atoms with E-state index in [9.17, 15) is 4.79 Å². The van der Waals surface area contributed by atoms with E-state index >= 15 is 0 Å². The van der Waals surface area contributed by atoms with Gasteiger partial charge in [0.05, 0.1) is 11.9 Å². The zero-order valence-electron chi connectivity index (χ0n) is 13.3. The van der Waals surface area contributed by atoms with Gasteiger partial charge in [0.1, 0.15) is 0 Å². The fraction of sp³-hybridized carbons (Fsp3) is 0.643. The molecule has 2 heterocycles. The minimum Gasteiger partial charge on any atom is -0.356 e. The van der Waals surface area contributed by atoms with Gasteiger partial charge < -0.3 is 10.2 Å². The van der Waals surface area contributed by atoms with Crippen molar-refractivity contribution in [1.82, 2.24) is 19.9 Å². The van der Waals surface area contributed by atoms with Crippen LogP contribution in [-0.2, 0) is 10.2 Å². The molecule has 0 saturated heterocycles. The van der Waals surface area contributed by atoms with Crippen molar-refractivity contribution in [1.29, 1.82) is 0 Å². The molecule has 21 heavy (non-hydrogen) atoms. The Labute approximate surface area is 129 Å². The summed E-state index contributed by atoms with van der Waals surface area (Å²) in [4.78, 5) is 18.5. The van der Waals surface area contributed by atoms with E-state index in [0.29, 0.717) is 6.54 Å². The first-order chi connectivity index (χ1) is 9.77. The molecule has 6 nitrogen and oxygen atoms in total. The number of imidazole rings is 1. The van der Waals surface area contributed by atoms with Crippen LogP contribution in [0.4, 0.5) is 5.13 Å². The fourth-order valence-electron chi connectivity index (χ4n) is 1.88. The van der Waals surface area contributed by atoms with Gasteiger partial charge in [-0.2, -0.15) is 0 Å². The van der Waals surface area contributed by atoms with Gasteiger partial charge in [-0.1, -0.05) is 32.1 Å². The normalized spacial score (nSPS) is 11.9. The second kappa shape index (κ2) is 6.01. The average Bonchev–Trinajstić information content (AvgIpc) is 2.91. The first-order valence-corrected chi connectivity index (χ1v) is 7.91. The lowest BCUT2D eigenvalue weighted by Gasteiger charge is -2.15. The Hall–Kier alpha value is -1.63. The third-order valence-electron chi connectivity index (χ3n) is 3.17. The molecule has 0 aliphatic carbocycles. The Morgan fingerprint density at radius 2 is 2.19 bits per heavy atom. The first kappa shape index (κ1) is 15.8.